The van der Waals surface area contributed by atoms with Gasteiger partial charge in [-0.2, -0.15) is 0 Å². The highest BCUT2D eigenvalue weighted by Gasteiger charge is 2.41. The van der Waals surface area contributed by atoms with Gasteiger partial charge in [-0.25, -0.2) is 14.4 Å². The van der Waals surface area contributed by atoms with Gasteiger partial charge in [0.25, 0.3) is 5.91 Å². The molecule has 1 amide bonds. The number of rotatable bonds is 9. The fourth-order valence-corrected chi connectivity index (χ4v) is 3.17. The van der Waals surface area contributed by atoms with Crippen molar-refractivity contribution in [3.8, 4) is 5.75 Å². The summed E-state index contributed by atoms with van der Waals surface area (Å²) in [4.78, 5) is 50.5. The molecule has 0 aliphatic heterocycles. The van der Waals surface area contributed by atoms with Crippen LogP contribution in [0.25, 0.3) is 0 Å². The summed E-state index contributed by atoms with van der Waals surface area (Å²) in [5.41, 5.74) is 0.223. The number of carboxylic acid groups (broad SMARTS) is 1. The first-order chi connectivity index (χ1) is 17.2. The van der Waals surface area contributed by atoms with E-state index in [1.165, 1.54) is 67.8 Å². The average molecular weight is 532 g/mol. The molecule has 0 unspecified atom stereocenters. The minimum absolute atomic E-state index is 0.00480. The van der Waals surface area contributed by atoms with Crippen molar-refractivity contribution in [3.05, 3.63) is 94.0 Å². The lowest BCUT2D eigenvalue weighted by Crippen LogP contribution is -2.48. The van der Waals surface area contributed by atoms with Crippen molar-refractivity contribution in [2.45, 2.75) is 12.2 Å². The number of carbonyl (C=O) groups excluding carboxylic acids is 3. The van der Waals surface area contributed by atoms with E-state index in [9.17, 15) is 24.3 Å². The number of hydrogen-bond acceptors (Lipinski definition) is 7. The van der Waals surface area contributed by atoms with Crippen molar-refractivity contribution in [1.29, 1.82) is 0 Å². The maximum Gasteiger partial charge on any atom is 0.349 e. The second kappa shape index (κ2) is 12.1. The number of ether oxygens (including phenoxy) is 3. The van der Waals surface area contributed by atoms with Gasteiger partial charge in [0, 0.05) is 15.7 Å². The summed E-state index contributed by atoms with van der Waals surface area (Å²) >= 11 is 11.6. The number of esters is 2. The summed E-state index contributed by atoms with van der Waals surface area (Å²) in [6.45, 7) is 0. The van der Waals surface area contributed by atoms with Crippen LogP contribution in [0, 0.1) is 0 Å². The molecule has 2 atom stereocenters. The first kappa shape index (κ1) is 26.5. The quantitative estimate of drug-likeness (QED) is 0.387. The predicted molar refractivity (Wildman–Crippen MR) is 131 cm³/mol. The molecule has 3 rings (SSSR count). The van der Waals surface area contributed by atoms with E-state index < -0.39 is 36.0 Å². The van der Waals surface area contributed by atoms with E-state index in [4.69, 9.17) is 37.4 Å². The molecule has 11 heteroatoms. The molecule has 36 heavy (non-hydrogen) atoms. The van der Waals surface area contributed by atoms with Crippen LogP contribution in [0.5, 0.6) is 5.75 Å². The summed E-state index contributed by atoms with van der Waals surface area (Å²) in [5.74, 6) is -4.34. The van der Waals surface area contributed by atoms with Crippen LogP contribution in [0.15, 0.2) is 72.8 Å². The van der Waals surface area contributed by atoms with Gasteiger partial charge in [-0.15, -0.1) is 0 Å². The van der Waals surface area contributed by atoms with Gasteiger partial charge in [0.2, 0.25) is 12.2 Å². The Hall–Kier alpha value is -4.08. The zero-order valence-electron chi connectivity index (χ0n) is 18.6. The molecule has 9 nitrogen and oxygen atoms in total. The van der Waals surface area contributed by atoms with Crippen molar-refractivity contribution in [3.63, 3.8) is 0 Å². The fourth-order valence-electron chi connectivity index (χ4n) is 2.92. The molecule has 0 saturated heterocycles. The molecule has 0 aromatic heterocycles. The molecule has 3 aromatic rings. The molecule has 0 fully saturated rings. The van der Waals surface area contributed by atoms with Crippen LogP contribution in [-0.2, 0) is 19.1 Å². The largest absolute Gasteiger partial charge is 0.497 e. The highest BCUT2D eigenvalue weighted by atomic mass is 35.5. The van der Waals surface area contributed by atoms with E-state index in [0.717, 1.165) is 0 Å². The Bertz CT molecular complexity index is 1240. The Labute approximate surface area is 215 Å². The van der Waals surface area contributed by atoms with Gasteiger partial charge in [-0.1, -0.05) is 23.2 Å². The molecule has 0 heterocycles. The summed E-state index contributed by atoms with van der Waals surface area (Å²) in [7, 11) is 1.46. The van der Waals surface area contributed by atoms with E-state index in [1.54, 1.807) is 12.1 Å². The maximum absolute atomic E-state index is 13.1. The first-order valence-electron chi connectivity index (χ1n) is 10.3. The maximum atomic E-state index is 13.1. The normalized spacial score (nSPS) is 12.1. The molecule has 186 valence electrons. The van der Waals surface area contributed by atoms with Crippen LogP contribution in [0.4, 0.5) is 5.69 Å². The molecule has 0 spiro atoms. The third-order valence-electron chi connectivity index (χ3n) is 4.76. The van der Waals surface area contributed by atoms with E-state index in [2.05, 4.69) is 5.32 Å². The summed E-state index contributed by atoms with van der Waals surface area (Å²) < 4.78 is 15.4. The first-order valence-corrected chi connectivity index (χ1v) is 11.0. The number of nitrogens with one attached hydrogen (secondary N) is 1. The van der Waals surface area contributed by atoms with Crippen LogP contribution in [0.3, 0.4) is 0 Å². The molecular formula is C25H19Cl2NO8. The molecule has 2 N–H and O–H groups in total. The molecule has 0 saturated carbocycles. The lowest BCUT2D eigenvalue weighted by Gasteiger charge is -2.23. The Morgan fingerprint density at radius 3 is 1.58 bits per heavy atom. The molecule has 0 radical (unpaired) electrons. The molecule has 0 aliphatic rings. The SMILES string of the molecule is COc1ccc(NC(=O)[C@@H](OC(=O)c2ccc(Cl)cc2)[C@@H](OC(=O)c2ccc(Cl)cc2)C(=O)O)cc1. The minimum Gasteiger partial charge on any atom is -0.497 e. The number of methoxy groups -OCH3 is 1. The Kier molecular flexibility index (Phi) is 8.88. The van der Waals surface area contributed by atoms with Crippen molar-refractivity contribution < 1.29 is 38.5 Å². The van der Waals surface area contributed by atoms with Crippen LogP contribution in [0.2, 0.25) is 10.0 Å². The van der Waals surface area contributed by atoms with Gasteiger partial charge in [0.15, 0.2) is 0 Å². The Morgan fingerprint density at radius 2 is 1.17 bits per heavy atom. The van der Waals surface area contributed by atoms with Crippen LogP contribution in [-0.4, -0.2) is 48.2 Å². The highest BCUT2D eigenvalue weighted by Crippen LogP contribution is 2.19. The van der Waals surface area contributed by atoms with Gasteiger partial charge in [0.05, 0.1) is 18.2 Å². The number of anilines is 1. The summed E-state index contributed by atoms with van der Waals surface area (Å²) in [6.07, 6.45) is -4.23. The zero-order chi connectivity index (χ0) is 26.2. The fraction of sp³-hybridized carbons (Fsp3) is 0.120. The van der Waals surface area contributed by atoms with E-state index >= 15 is 0 Å². The number of benzene rings is 3. The molecule has 0 aliphatic carbocycles. The smallest absolute Gasteiger partial charge is 0.349 e. The number of aliphatic carboxylic acids is 1. The number of halogens is 2. The van der Waals surface area contributed by atoms with Crippen molar-refractivity contribution in [1.82, 2.24) is 0 Å². The van der Waals surface area contributed by atoms with Gasteiger partial charge in [-0.05, 0) is 72.8 Å². The van der Waals surface area contributed by atoms with Crippen molar-refractivity contribution in [2.24, 2.45) is 0 Å². The molecule has 3 aromatic carbocycles. The van der Waals surface area contributed by atoms with Crippen LogP contribution < -0.4 is 10.1 Å². The van der Waals surface area contributed by atoms with Crippen LogP contribution in [0.1, 0.15) is 20.7 Å². The van der Waals surface area contributed by atoms with E-state index in [-0.39, 0.29) is 16.8 Å². The summed E-state index contributed by atoms with van der Waals surface area (Å²) in [6, 6.07) is 17.0. The molecular weight excluding hydrogens is 513 g/mol. The van der Waals surface area contributed by atoms with Crippen LogP contribution >= 0.6 is 23.2 Å². The highest BCUT2D eigenvalue weighted by molar-refractivity contribution is 6.31. The lowest BCUT2D eigenvalue weighted by atomic mass is 10.1. The predicted octanol–water partition coefficient (Wildman–Crippen LogP) is 4.48. The third-order valence-corrected chi connectivity index (χ3v) is 5.27. The number of carboxylic acids is 1. The Morgan fingerprint density at radius 1 is 0.722 bits per heavy atom. The van der Waals surface area contributed by atoms with Crippen molar-refractivity contribution >= 4 is 52.7 Å². The number of hydrogen-bond donors (Lipinski definition) is 2. The van der Waals surface area contributed by atoms with Gasteiger partial charge in [-0.3, -0.25) is 4.79 Å². The van der Waals surface area contributed by atoms with Crippen molar-refractivity contribution in [2.75, 3.05) is 12.4 Å². The van der Waals surface area contributed by atoms with Gasteiger partial charge >= 0.3 is 17.9 Å². The number of amides is 1. The monoisotopic (exact) mass is 531 g/mol. The third kappa shape index (κ3) is 6.97. The Balaban J connectivity index is 1.89. The van der Waals surface area contributed by atoms with E-state index in [1.807, 2.05) is 0 Å². The zero-order valence-corrected chi connectivity index (χ0v) is 20.2. The summed E-state index contributed by atoms with van der Waals surface area (Å²) in [5, 5.41) is 12.9. The second-order valence-electron chi connectivity index (χ2n) is 7.22. The average Bonchev–Trinajstić information content (AvgIpc) is 2.87. The topological polar surface area (TPSA) is 128 Å². The molecule has 0 bridgehead atoms. The van der Waals surface area contributed by atoms with Gasteiger partial charge in [0.1, 0.15) is 5.75 Å². The lowest BCUT2D eigenvalue weighted by molar-refractivity contribution is -0.157. The second-order valence-corrected chi connectivity index (χ2v) is 8.09. The van der Waals surface area contributed by atoms with E-state index in [0.29, 0.717) is 15.8 Å². The number of carbonyl (C=O) groups is 4. The standard InChI is InChI=1S/C25H19Cl2NO8/c1-34-19-12-10-18(11-13-19)28-22(29)20(35-24(32)14-2-6-16(26)7-3-14)21(23(30)31)36-25(33)15-4-8-17(27)9-5-15/h2-13,20-21H,1H3,(H,28,29)(H,30,31)/t20-,21+/m0/s1. The van der Waals surface area contributed by atoms with Gasteiger partial charge < -0.3 is 24.6 Å². The minimum atomic E-state index is -2.18.